The predicted molar refractivity (Wildman–Crippen MR) is 93.9 cm³/mol. The molecule has 0 aliphatic carbocycles. The first kappa shape index (κ1) is 16.2. The molecule has 6 nitrogen and oxygen atoms in total. The van der Waals surface area contributed by atoms with Gasteiger partial charge in [0.2, 0.25) is 0 Å². The molecule has 0 spiro atoms. The monoisotopic (exact) mass is 339 g/mol. The topological polar surface area (TPSA) is 65.6 Å². The molecule has 3 heterocycles. The van der Waals surface area contributed by atoms with Crippen LogP contribution in [0.25, 0.3) is 11.4 Å². The Balaban J connectivity index is 1.81. The third-order valence-corrected chi connectivity index (χ3v) is 4.50. The number of rotatable bonds is 7. The van der Waals surface area contributed by atoms with Gasteiger partial charge in [-0.1, -0.05) is 17.8 Å². The van der Waals surface area contributed by atoms with Crippen LogP contribution in [0.5, 0.6) is 0 Å². The predicted octanol–water partition coefficient (Wildman–Crippen LogP) is 2.84. The fourth-order valence-corrected chi connectivity index (χ4v) is 3.18. The lowest BCUT2D eigenvalue weighted by atomic mass is 10.2. The van der Waals surface area contributed by atoms with Crippen LogP contribution in [0.4, 0.5) is 0 Å². The van der Waals surface area contributed by atoms with Crippen LogP contribution in [-0.2, 0) is 13.6 Å². The van der Waals surface area contributed by atoms with Crippen molar-refractivity contribution in [3.05, 3.63) is 61.2 Å². The number of nitrogens with zero attached hydrogens (tertiary/aromatic N) is 5. The fraction of sp³-hybridized carbons (Fsp3) is 0.176. The van der Waals surface area contributed by atoms with Crippen LogP contribution in [0, 0.1) is 0 Å². The Kier molecular flexibility index (Phi) is 4.90. The van der Waals surface area contributed by atoms with Crippen LogP contribution in [0.2, 0.25) is 0 Å². The van der Waals surface area contributed by atoms with Crippen LogP contribution < -0.4 is 0 Å². The summed E-state index contributed by atoms with van der Waals surface area (Å²) < 4.78 is 3.77. The van der Waals surface area contributed by atoms with Crippen LogP contribution in [0.15, 0.2) is 60.7 Å². The number of aromatic nitrogens is 5. The smallest absolute Gasteiger partial charge is 0.192 e. The lowest BCUT2D eigenvalue weighted by molar-refractivity contribution is 0.101. The third-order valence-electron chi connectivity index (χ3n) is 3.53. The SMILES string of the molecule is C=CCn1c(SCC(=O)c2cccn2C)nnc1-c1ccncc1. The van der Waals surface area contributed by atoms with Gasteiger partial charge in [0, 0.05) is 37.7 Å². The molecule has 3 aromatic heterocycles. The maximum Gasteiger partial charge on any atom is 0.192 e. The molecule has 3 rings (SSSR count). The number of hydrogen-bond donors (Lipinski definition) is 0. The molecule has 0 fully saturated rings. The molecular formula is C17H17N5OS. The van der Waals surface area contributed by atoms with Gasteiger partial charge in [-0.3, -0.25) is 14.3 Å². The van der Waals surface area contributed by atoms with Crippen molar-refractivity contribution >= 4 is 17.5 Å². The van der Waals surface area contributed by atoms with Crippen LogP contribution in [0.3, 0.4) is 0 Å². The first-order chi connectivity index (χ1) is 11.7. The molecule has 7 heteroatoms. The van der Waals surface area contributed by atoms with E-state index in [1.807, 2.05) is 46.6 Å². The standard InChI is InChI=1S/C17H17N5OS/c1-3-10-22-16(13-6-8-18-9-7-13)19-20-17(22)24-12-15(23)14-5-4-11-21(14)2/h3-9,11H,1,10,12H2,2H3. The summed E-state index contributed by atoms with van der Waals surface area (Å²) in [6, 6.07) is 7.44. The molecule has 0 N–H and O–H groups in total. The van der Waals surface area contributed by atoms with E-state index in [9.17, 15) is 4.79 Å². The lowest BCUT2D eigenvalue weighted by Crippen LogP contribution is -2.09. The Morgan fingerprint density at radius 1 is 1.29 bits per heavy atom. The number of ketones is 1. The molecule has 122 valence electrons. The Morgan fingerprint density at radius 2 is 2.08 bits per heavy atom. The fourth-order valence-electron chi connectivity index (χ4n) is 2.36. The second kappa shape index (κ2) is 7.27. The van der Waals surface area contributed by atoms with Crippen molar-refractivity contribution in [1.82, 2.24) is 24.3 Å². The molecule has 0 radical (unpaired) electrons. The van der Waals surface area contributed by atoms with Crippen LogP contribution in [-0.4, -0.2) is 35.9 Å². The Hall–Kier alpha value is -2.67. The summed E-state index contributed by atoms with van der Waals surface area (Å²) in [5.41, 5.74) is 1.62. The molecule has 0 bridgehead atoms. The molecule has 24 heavy (non-hydrogen) atoms. The van der Waals surface area contributed by atoms with Gasteiger partial charge in [-0.05, 0) is 24.3 Å². The zero-order valence-corrected chi connectivity index (χ0v) is 14.1. The van der Waals surface area contributed by atoms with E-state index in [0.29, 0.717) is 23.1 Å². The Morgan fingerprint density at radius 3 is 2.75 bits per heavy atom. The molecule has 0 amide bonds. The van der Waals surface area contributed by atoms with Crippen LogP contribution >= 0.6 is 11.8 Å². The van der Waals surface area contributed by atoms with Crippen molar-refractivity contribution in [3.63, 3.8) is 0 Å². The number of aryl methyl sites for hydroxylation is 1. The van der Waals surface area contributed by atoms with E-state index in [4.69, 9.17) is 0 Å². The van der Waals surface area contributed by atoms with Gasteiger partial charge in [-0.2, -0.15) is 0 Å². The minimum absolute atomic E-state index is 0.0612. The zero-order chi connectivity index (χ0) is 16.9. The molecule has 0 atom stereocenters. The van der Waals surface area contributed by atoms with E-state index >= 15 is 0 Å². The highest BCUT2D eigenvalue weighted by atomic mass is 32.2. The van der Waals surface area contributed by atoms with Crippen molar-refractivity contribution in [2.24, 2.45) is 7.05 Å². The summed E-state index contributed by atoms with van der Waals surface area (Å²) in [7, 11) is 1.86. The van der Waals surface area contributed by atoms with Gasteiger partial charge >= 0.3 is 0 Å². The minimum atomic E-state index is 0.0612. The normalized spacial score (nSPS) is 10.7. The first-order valence-corrected chi connectivity index (χ1v) is 8.41. The number of hydrogen-bond acceptors (Lipinski definition) is 5. The van der Waals surface area contributed by atoms with E-state index in [0.717, 1.165) is 11.4 Å². The molecule has 0 saturated carbocycles. The summed E-state index contributed by atoms with van der Waals surface area (Å²) in [5.74, 6) is 1.11. The highest BCUT2D eigenvalue weighted by Crippen LogP contribution is 2.24. The highest BCUT2D eigenvalue weighted by Gasteiger charge is 2.16. The number of pyridine rings is 1. The van der Waals surface area contributed by atoms with Gasteiger partial charge in [-0.25, -0.2) is 0 Å². The average molecular weight is 339 g/mol. The van der Waals surface area contributed by atoms with Gasteiger partial charge in [0.05, 0.1) is 11.4 Å². The van der Waals surface area contributed by atoms with E-state index < -0.39 is 0 Å². The number of Topliss-reactive ketones (excluding diaryl/α,β-unsaturated/α-hetero) is 1. The second-order valence-electron chi connectivity index (χ2n) is 5.16. The number of allylic oxidation sites excluding steroid dienone is 1. The summed E-state index contributed by atoms with van der Waals surface area (Å²) in [5, 5.41) is 9.20. The molecule has 0 aliphatic heterocycles. The molecule has 0 aliphatic rings. The van der Waals surface area contributed by atoms with E-state index in [-0.39, 0.29) is 5.78 Å². The van der Waals surface area contributed by atoms with E-state index in [1.54, 1.807) is 18.5 Å². The molecule has 3 aromatic rings. The van der Waals surface area contributed by atoms with Gasteiger partial charge < -0.3 is 4.57 Å². The number of carbonyl (C=O) groups is 1. The maximum absolute atomic E-state index is 12.3. The minimum Gasteiger partial charge on any atom is -0.348 e. The van der Waals surface area contributed by atoms with Gasteiger partial charge in [-0.15, -0.1) is 16.8 Å². The Bertz CT molecular complexity index is 853. The van der Waals surface area contributed by atoms with Crippen molar-refractivity contribution < 1.29 is 4.79 Å². The third kappa shape index (κ3) is 3.30. The van der Waals surface area contributed by atoms with Gasteiger partial charge in [0.1, 0.15) is 0 Å². The second-order valence-corrected chi connectivity index (χ2v) is 6.10. The molecular weight excluding hydrogens is 322 g/mol. The van der Waals surface area contributed by atoms with E-state index in [2.05, 4.69) is 21.8 Å². The number of thioether (sulfide) groups is 1. The highest BCUT2D eigenvalue weighted by molar-refractivity contribution is 7.99. The van der Waals surface area contributed by atoms with Crippen molar-refractivity contribution in [2.45, 2.75) is 11.7 Å². The number of carbonyl (C=O) groups excluding carboxylic acids is 1. The molecule has 0 saturated heterocycles. The average Bonchev–Trinajstić information content (AvgIpc) is 3.20. The zero-order valence-electron chi connectivity index (χ0n) is 13.3. The van der Waals surface area contributed by atoms with E-state index in [1.165, 1.54) is 11.8 Å². The van der Waals surface area contributed by atoms with Gasteiger partial charge in [0.25, 0.3) is 0 Å². The Labute approximate surface area is 144 Å². The maximum atomic E-state index is 12.3. The van der Waals surface area contributed by atoms with Crippen molar-refractivity contribution in [3.8, 4) is 11.4 Å². The largest absolute Gasteiger partial charge is 0.348 e. The van der Waals surface area contributed by atoms with Gasteiger partial charge in [0.15, 0.2) is 16.8 Å². The van der Waals surface area contributed by atoms with Crippen LogP contribution in [0.1, 0.15) is 10.5 Å². The molecule has 0 aromatic carbocycles. The summed E-state index contributed by atoms with van der Waals surface area (Å²) in [6.07, 6.45) is 7.08. The van der Waals surface area contributed by atoms with Crippen molar-refractivity contribution in [1.29, 1.82) is 0 Å². The quantitative estimate of drug-likeness (QED) is 0.376. The summed E-state index contributed by atoms with van der Waals surface area (Å²) >= 11 is 1.38. The first-order valence-electron chi connectivity index (χ1n) is 7.42. The summed E-state index contributed by atoms with van der Waals surface area (Å²) in [4.78, 5) is 16.3. The summed E-state index contributed by atoms with van der Waals surface area (Å²) in [6.45, 7) is 4.37. The molecule has 0 unspecified atom stereocenters. The van der Waals surface area contributed by atoms with Crippen molar-refractivity contribution in [2.75, 3.05) is 5.75 Å². The lowest BCUT2D eigenvalue weighted by Gasteiger charge is -2.07.